The van der Waals surface area contributed by atoms with Crippen LogP contribution in [-0.4, -0.2) is 74.5 Å². The number of para-hydroxylation sites is 3. The number of carbonyl (C=O) groups is 2. The maximum absolute atomic E-state index is 14.0. The van der Waals surface area contributed by atoms with Gasteiger partial charge in [-0.1, -0.05) is 36.4 Å². The standard InChI is InChI=1S/C39H48N6O5/c1-26-11-8-14-32-35(26)45(37(47)42-32)30-18-16-27(17-19-30)23-29(40-38(48)50-39(2,3)4)24-34(46)43-20-9-12-28(25-43)36-41-31-13-6-7-15-33(31)44(36)21-10-22-49-5/h6-8,11,13-19,28-29H,9-10,12,20-25H2,1-5H3,(H,40,48)(H,42,47)/t28-,29-/m1/s1. The summed E-state index contributed by atoms with van der Waals surface area (Å²) in [5, 5.41) is 2.98. The predicted molar refractivity (Wildman–Crippen MR) is 195 cm³/mol. The molecule has 264 valence electrons. The van der Waals surface area contributed by atoms with Gasteiger partial charge >= 0.3 is 11.8 Å². The Kier molecular flexibility index (Phi) is 10.4. The molecule has 0 saturated carbocycles. The van der Waals surface area contributed by atoms with Gasteiger partial charge in [-0.15, -0.1) is 0 Å². The van der Waals surface area contributed by atoms with E-state index in [2.05, 4.69) is 20.9 Å². The summed E-state index contributed by atoms with van der Waals surface area (Å²) in [7, 11) is 1.71. The summed E-state index contributed by atoms with van der Waals surface area (Å²) in [4.78, 5) is 49.7. The summed E-state index contributed by atoms with van der Waals surface area (Å²) in [5.41, 5.74) is 5.44. The lowest BCUT2D eigenvalue weighted by Crippen LogP contribution is -2.46. The largest absolute Gasteiger partial charge is 0.444 e. The van der Waals surface area contributed by atoms with Crippen molar-refractivity contribution in [2.75, 3.05) is 26.8 Å². The van der Waals surface area contributed by atoms with Gasteiger partial charge in [0.1, 0.15) is 11.4 Å². The smallest absolute Gasteiger partial charge is 0.407 e. The van der Waals surface area contributed by atoms with Crippen LogP contribution in [0.1, 0.15) is 69.3 Å². The van der Waals surface area contributed by atoms with E-state index in [0.29, 0.717) is 26.1 Å². The lowest BCUT2D eigenvalue weighted by Gasteiger charge is -2.34. The molecule has 3 heterocycles. The quantitative estimate of drug-likeness (QED) is 0.159. The minimum atomic E-state index is -0.681. The van der Waals surface area contributed by atoms with Crippen LogP contribution in [0.25, 0.3) is 27.8 Å². The van der Waals surface area contributed by atoms with E-state index in [1.165, 1.54) is 0 Å². The SMILES string of the molecule is COCCCn1c([C@@H]2CCCN(C(=O)C[C@@H](Cc3ccc(-n4c(=O)[nH]c5cccc(C)c54)cc3)NC(=O)OC(C)(C)C)C2)nc2ccccc21. The number of aromatic amines is 1. The van der Waals surface area contributed by atoms with E-state index in [9.17, 15) is 14.4 Å². The Morgan fingerprint density at radius 1 is 1.06 bits per heavy atom. The molecule has 0 unspecified atom stereocenters. The molecule has 2 atom stereocenters. The average molecular weight is 681 g/mol. The number of ether oxygens (including phenoxy) is 2. The Bertz CT molecular complexity index is 2020. The Hall–Kier alpha value is -4.90. The molecule has 6 rings (SSSR count). The maximum atomic E-state index is 14.0. The van der Waals surface area contributed by atoms with Gasteiger partial charge in [0.2, 0.25) is 5.91 Å². The highest BCUT2D eigenvalue weighted by atomic mass is 16.6. The number of likely N-dealkylation sites (tertiary alicyclic amines) is 1. The van der Waals surface area contributed by atoms with Crippen molar-refractivity contribution in [3.8, 4) is 5.69 Å². The number of aromatic nitrogens is 4. The molecule has 1 aliphatic heterocycles. The normalized spacial score (nSPS) is 15.8. The molecule has 1 fully saturated rings. The minimum absolute atomic E-state index is 0.0183. The van der Waals surface area contributed by atoms with Crippen LogP contribution in [0.2, 0.25) is 0 Å². The third-order valence-electron chi connectivity index (χ3n) is 9.28. The number of carbonyl (C=O) groups excluding carboxylic acids is 2. The number of benzene rings is 3. The Morgan fingerprint density at radius 3 is 2.60 bits per heavy atom. The van der Waals surface area contributed by atoms with Crippen LogP contribution in [0.4, 0.5) is 4.79 Å². The molecule has 11 heteroatoms. The van der Waals surface area contributed by atoms with Gasteiger partial charge < -0.3 is 29.2 Å². The molecule has 2 amide bonds. The monoisotopic (exact) mass is 680 g/mol. The van der Waals surface area contributed by atoms with Crippen molar-refractivity contribution in [1.82, 2.24) is 29.3 Å². The molecule has 2 aromatic heterocycles. The van der Waals surface area contributed by atoms with Crippen molar-refractivity contribution in [3.05, 3.63) is 94.2 Å². The Morgan fingerprint density at radius 2 is 1.84 bits per heavy atom. The van der Waals surface area contributed by atoms with Gasteiger partial charge in [-0.25, -0.2) is 14.6 Å². The predicted octanol–water partition coefficient (Wildman–Crippen LogP) is 6.25. The molecule has 0 radical (unpaired) electrons. The van der Waals surface area contributed by atoms with Crippen LogP contribution in [0.5, 0.6) is 0 Å². The fraction of sp³-hybridized carbons (Fsp3) is 0.436. The first-order valence-electron chi connectivity index (χ1n) is 17.5. The minimum Gasteiger partial charge on any atom is -0.444 e. The maximum Gasteiger partial charge on any atom is 0.407 e. The number of hydrogen-bond acceptors (Lipinski definition) is 6. The summed E-state index contributed by atoms with van der Waals surface area (Å²) in [6.07, 6.45) is 2.67. The van der Waals surface area contributed by atoms with E-state index in [1.807, 2.05) is 93.3 Å². The lowest BCUT2D eigenvalue weighted by molar-refractivity contribution is -0.133. The van der Waals surface area contributed by atoms with Gasteiger partial charge in [0.05, 0.1) is 27.8 Å². The summed E-state index contributed by atoms with van der Waals surface area (Å²) < 4.78 is 14.9. The van der Waals surface area contributed by atoms with E-state index >= 15 is 0 Å². The second-order valence-corrected chi connectivity index (χ2v) is 14.3. The number of methoxy groups -OCH3 is 1. The fourth-order valence-electron chi connectivity index (χ4n) is 7.05. The van der Waals surface area contributed by atoms with Gasteiger partial charge in [-0.2, -0.15) is 0 Å². The van der Waals surface area contributed by atoms with E-state index in [4.69, 9.17) is 14.5 Å². The highest BCUT2D eigenvalue weighted by Gasteiger charge is 2.31. The Balaban J connectivity index is 1.20. The number of piperidine rings is 1. The van der Waals surface area contributed by atoms with E-state index < -0.39 is 17.7 Å². The third kappa shape index (κ3) is 7.94. The van der Waals surface area contributed by atoms with E-state index in [-0.39, 0.29) is 23.9 Å². The first-order chi connectivity index (χ1) is 24.0. The van der Waals surface area contributed by atoms with E-state index in [1.54, 1.807) is 11.7 Å². The number of nitrogens with zero attached hydrogens (tertiary/aromatic N) is 4. The zero-order valence-corrected chi connectivity index (χ0v) is 29.7. The van der Waals surface area contributed by atoms with Crippen molar-refractivity contribution in [1.29, 1.82) is 0 Å². The van der Waals surface area contributed by atoms with Crippen LogP contribution in [0, 0.1) is 6.92 Å². The highest BCUT2D eigenvalue weighted by Crippen LogP contribution is 2.30. The van der Waals surface area contributed by atoms with Gasteiger partial charge in [-0.05, 0) is 94.8 Å². The zero-order chi connectivity index (χ0) is 35.4. The molecule has 50 heavy (non-hydrogen) atoms. The number of aryl methyl sites for hydroxylation is 2. The number of hydrogen-bond donors (Lipinski definition) is 2. The molecular weight excluding hydrogens is 632 g/mol. The van der Waals surface area contributed by atoms with Crippen LogP contribution in [0.15, 0.2) is 71.5 Å². The summed E-state index contributed by atoms with van der Waals surface area (Å²) in [5.74, 6) is 1.09. The van der Waals surface area contributed by atoms with E-state index in [0.717, 1.165) is 70.5 Å². The summed E-state index contributed by atoms with van der Waals surface area (Å²) in [6.45, 7) is 10.1. The first kappa shape index (κ1) is 34.9. The number of imidazole rings is 2. The first-order valence-corrected chi connectivity index (χ1v) is 17.5. The summed E-state index contributed by atoms with van der Waals surface area (Å²) >= 11 is 0. The Labute approximate surface area is 292 Å². The second-order valence-electron chi connectivity index (χ2n) is 14.3. The molecule has 0 spiro atoms. The van der Waals surface area contributed by atoms with Crippen molar-refractivity contribution in [2.24, 2.45) is 0 Å². The molecule has 0 aliphatic carbocycles. The van der Waals surface area contributed by atoms with Crippen molar-refractivity contribution < 1.29 is 19.1 Å². The zero-order valence-electron chi connectivity index (χ0n) is 29.7. The number of fused-ring (bicyclic) bond motifs is 2. The molecule has 2 N–H and O–H groups in total. The lowest BCUT2D eigenvalue weighted by atomic mass is 9.95. The number of alkyl carbamates (subject to hydrolysis) is 1. The number of H-pyrrole nitrogens is 1. The van der Waals surface area contributed by atoms with Crippen LogP contribution >= 0.6 is 0 Å². The third-order valence-corrected chi connectivity index (χ3v) is 9.28. The number of rotatable bonds is 11. The van der Waals surface area contributed by atoms with Gasteiger partial charge in [0.15, 0.2) is 0 Å². The molecule has 3 aromatic carbocycles. The summed E-state index contributed by atoms with van der Waals surface area (Å²) in [6, 6.07) is 21.2. The number of nitrogens with one attached hydrogen (secondary N) is 2. The average Bonchev–Trinajstić information content (AvgIpc) is 3.62. The van der Waals surface area contributed by atoms with Gasteiger partial charge in [0.25, 0.3) is 0 Å². The molecule has 1 aliphatic rings. The van der Waals surface area contributed by atoms with Gasteiger partial charge in [0, 0.05) is 51.7 Å². The van der Waals surface area contributed by atoms with Crippen LogP contribution in [-0.2, 0) is 27.2 Å². The fourth-order valence-corrected chi connectivity index (χ4v) is 7.05. The molecule has 0 bridgehead atoms. The highest BCUT2D eigenvalue weighted by molar-refractivity contribution is 5.81. The van der Waals surface area contributed by atoms with Crippen LogP contribution in [0.3, 0.4) is 0 Å². The topological polar surface area (TPSA) is 123 Å². The molecule has 5 aromatic rings. The molecule has 11 nitrogen and oxygen atoms in total. The molecular formula is C39H48N6O5. The van der Waals surface area contributed by atoms with Crippen molar-refractivity contribution in [3.63, 3.8) is 0 Å². The second kappa shape index (κ2) is 14.9. The van der Waals surface area contributed by atoms with Crippen LogP contribution < -0.4 is 11.0 Å². The van der Waals surface area contributed by atoms with Gasteiger partial charge in [-0.3, -0.25) is 9.36 Å². The molecule has 1 saturated heterocycles. The number of amides is 2. The van der Waals surface area contributed by atoms with Crippen molar-refractivity contribution in [2.45, 2.75) is 83.9 Å². The van der Waals surface area contributed by atoms with Crippen molar-refractivity contribution >= 4 is 34.1 Å².